The second-order valence-corrected chi connectivity index (χ2v) is 10.1. The second kappa shape index (κ2) is 12.0. The highest BCUT2D eigenvalue weighted by molar-refractivity contribution is 5.83. The van der Waals surface area contributed by atoms with E-state index in [1.165, 1.54) is 24.3 Å². The number of anilines is 1. The maximum absolute atomic E-state index is 14.0. The largest absolute Gasteiger partial charge is 0.387 e. The van der Waals surface area contributed by atoms with Crippen molar-refractivity contribution in [3.05, 3.63) is 114 Å². The molecule has 0 aliphatic carbocycles. The summed E-state index contributed by atoms with van der Waals surface area (Å²) in [5.74, 6) is -2.55. The minimum atomic E-state index is -3.33. The zero-order valence-electron chi connectivity index (χ0n) is 22.2. The third-order valence-electron chi connectivity index (χ3n) is 7.05. The molecule has 0 spiro atoms. The molecule has 8 heteroatoms. The maximum atomic E-state index is 14.0. The smallest absolute Gasteiger partial charge is 0.298 e. The lowest BCUT2D eigenvalue weighted by Gasteiger charge is -2.40. The van der Waals surface area contributed by atoms with Crippen molar-refractivity contribution in [2.45, 2.75) is 44.5 Å². The van der Waals surface area contributed by atoms with E-state index in [4.69, 9.17) is 4.74 Å². The Morgan fingerprint density at radius 2 is 1.52 bits per heavy atom. The molecule has 2 heterocycles. The van der Waals surface area contributed by atoms with Gasteiger partial charge in [-0.05, 0) is 23.6 Å². The van der Waals surface area contributed by atoms with Crippen molar-refractivity contribution in [3.8, 4) is 11.3 Å². The van der Waals surface area contributed by atoms with Crippen LogP contribution in [0.4, 0.5) is 14.6 Å². The summed E-state index contributed by atoms with van der Waals surface area (Å²) in [6.45, 7) is 3.11. The lowest BCUT2D eigenvalue weighted by atomic mass is 9.98. The molecule has 1 aliphatic rings. The summed E-state index contributed by atoms with van der Waals surface area (Å²) in [7, 11) is 0. The summed E-state index contributed by atoms with van der Waals surface area (Å²) in [6, 6.07) is 23.3. The van der Waals surface area contributed by atoms with Gasteiger partial charge in [0, 0.05) is 49.5 Å². The first-order valence-electron chi connectivity index (χ1n) is 13.3. The van der Waals surface area contributed by atoms with Crippen molar-refractivity contribution in [2.75, 3.05) is 18.0 Å². The number of nitrogens with zero attached hydrogens (tertiary/aromatic N) is 3. The van der Waals surface area contributed by atoms with Gasteiger partial charge >= 0.3 is 0 Å². The first kappa shape index (κ1) is 27.6. The van der Waals surface area contributed by atoms with Gasteiger partial charge < -0.3 is 14.7 Å². The van der Waals surface area contributed by atoms with E-state index in [1.54, 1.807) is 12.4 Å². The standard InChI is InChI=1S/C32H31F2N3O3/c1-22(38)32(33,34)27-13-9-24(10-14-27)18-28(39)17-23-7-11-26(12-8-23)30-31(36-16-15-35-30)37-19-29(20-37)40-21-25-5-3-2-4-6-25/h2-16,22,29,38H,17-21H2,1H3. The SMILES string of the molecule is CC(O)C(F)(F)c1ccc(CC(=O)Cc2ccc(-c3nccnc3N3CC(OCc4ccccc4)C3)cc2)cc1. The van der Waals surface area contributed by atoms with Crippen molar-refractivity contribution >= 4 is 11.6 Å². The van der Waals surface area contributed by atoms with Gasteiger partial charge in [0.15, 0.2) is 5.82 Å². The van der Waals surface area contributed by atoms with Crippen LogP contribution >= 0.6 is 0 Å². The molecule has 0 saturated carbocycles. The van der Waals surface area contributed by atoms with Crippen molar-refractivity contribution in [2.24, 2.45) is 0 Å². The molecule has 40 heavy (non-hydrogen) atoms. The monoisotopic (exact) mass is 543 g/mol. The van der Waals surface area contributed by atoms with Crippen LogP contribution in [0, 0.1) is 0 Å². The zero-order chi connectivity index (χ0) is 28.1. The summed E-state index contributed by atoms with van der Waals surface area (Å²) in [4.78, 5) is 24.0. The van der Waals surface area contributed by atoms with E-state index < -0.39 is 12.0 Å². The first-order valence-corrected chi connectivity index (χ1v) is 13.3. The van der Waals surface area contributed by atoms with Crippen LogP contribution < -0.4 is 4.90 Å². The molecule has 1 aromatic heterocycles. The molecule has 0 amide bonds. The quantitative estimate of drug-likeness (QED) is 0.274. The molecule has 3 aromatic carbocycles. The van der Waals surface area contributed by atoms with Gasteiger partial charge in [-0.15, -0.1) is 0 Å². The number of Topliss-reactive ketones (excluding diaryl/α,β-unsaturated/α-hetero) is 1. The third kappa shape index (κ3) is 6.41. The van der Waals surface area contributed by atoms with Crippen LogP contribution in [0.1, 0.15) is 29.2 Å². The molecule has 206 valence electrons. The van der Waals surface area contributed by atoms with Crippen LogP contribution in [0.15, 0.2) is 91.3 Å². The van der Waals surface area contributed by atoms with Gasteiger partial charge in [0.25, 0.3) is 5.92 Å². The predicted molar refractivity (Wildman–Crippen MR) is 149 cm³/mol. The number of rotatable bonds is 11. The number of aliphatic hydroxyl groups is 1. The van der Waals surface area contributed by atoms with Crippen LogP contribution in [-0.4, -0.2) is 46.2 Å². The van der Waals surface area contributed by atoms with E-state index in [-0.39, 0.29) is 30.3 Å². The summed E-state index contributed by atoms with van der Waals surface area (Å²) in [5.41, 5.74) is 4.06. The fourth-order valence-electron chi connectivity index (χ4n) is 4.65. The fraction of sp³-hybridized carbons (Fsp3) is 0.281. The summed E-state index contributed by atoms with van der Waals surface area (Å²) in [5, 5.41) is 9.31. The number of hydrogen-bond acceptors (Lipinski definition) is 6. The lowest BCUT2D eigenvalue weighted by Crippen LogP contribution is -2.52. The summed E-state index contributed by atoms with van der Waals surface area (Å²) < 4.78 is 34.0. The zero-order valence-corrected chi connectivity index (χ0v) is 22.2. The van der Waals surface area contributed by atoms with Crippen LogP contribution in [0.5, 0.6) is 0 Å². The Morgan fingerprint density at radius 1 is 0.925 bits per heavy atom. The van der Waals surface area contributed by atoms with E-state index >= 15 is 0 Å². The van der Waals surface area contributed by atoms with Crippen molar-refractivity contribution in [1.29, 1.82) is 0 Å². The topological polar surface area (TPSA) is 75.5 Å². The predicted octanol–water partition coefficient (Wildman–Crippen LogP) is 5.38. The number of aliphatic hydroxyl groups excluding tert-OH is 1. The molecule has 1 atom stereocenters. The minimum Gasteiger partial charge on any atom is -0.387 e. The average Bonchev–Trinajstić information content (AvgIpc) is 2.93. The van der Waals surface area contributed by atoms with E-state index in [2.05, 4.69) is 27.0 Å². The maximum Gasteiger partial charge on any atom is 0.298 e. The highest BCUT2D eigenvalue weighted by Gasteiger charge is 2.37. The number of alkyl halides is 2. The van der Waals surface area contributed by atoms with E-state index in [9.17, 15) is 18.7 Å². The number of carbonyl (C=O) groups is 1. The molecule has 5 rings (SSSR count). The summed E-state index contributed by atoms with van der Waals surface area (Å²) >= 11 is 0. The molecule has 1 N–H and O–H groups in total. The Morgan fingerprint density at radius 3 is 2.15 bits per heavy atom. The van der Waals surface area contributed by atoms with Crippen LogP contribution in [0.2, 0.25) is 0 Å². The highest BCUT2D eigenvalue weighted by Crippen LogP contribution is 2.32. The summed E-state index contributed by atoms with van der Waals surface area (Å²) in [6.07, 6.45) is 2.06. The number of benzene rings is 3. The van der Waals surface area contributed by atoms with Gasteiger partial charge in [-0.25, -0.2) is 4.98 Å². The molecular weight excluding hydrogens is 512 g/mol. The third-order valence-corrected chi connectivity index (χ3v) is 7.05. The Bertz CT molecular complexity index is 1420. The number of halogens is 2. The molecule has 0 radical (unpaired) electrons. The van der Waals surface area contributed by atoms with Gasteiger partial charge in [0.2, 0.25) is 0 Å². The van der Waals surface area contributed by atoms with Gasteiger partial charge in [0.1, 0.15) is 17.6 Å². The molecule has 0 bridgehead atoms. The van der Waals surface area contributed by atoms with Gasteiger partial charge in [-0.1, -0.05) is 78.9 Å². The molecule has 1 saturated heterocycles. The Balaban J connectivity index is 1.16. The van der Waals surface area contributed by atoms with Crippen molar-refractivity contribution in [3.63, 3.8) is 0 Å². The number of aromatic nitrogens is 2. The molecule has 1 aliphatic heterocycles. The molecule has 6 nitrogen and oxygen atoms in total. The second-order valence-electron chi connectivity index (χ2n) is 10.1. The van der Waals surface area contributed by atoms with Crippen LogP contribution in [-0.2, 0) is 34.9 Å². The van der Waals surface area contributed by atoms with Gasteiger partial charge in [-0.3, -0.25) is 9.78 Å². The van der Waals surface area contributed by atoms with Crippen molar-refractivity contribution in [1.82, 2.24) is 9.97 Å². The number of ketones is 1. The van der Waals surface area contributed by atoms with Crippen LogP contribution in [0.3, 0.4) is 0 Å². The average molecular weight is 544 g/mol. The van der Waals surface area contributed by atoms with Gasteiger partial charge in [-0.2, -0.15) is 8.78 Å². The van der Waals surface area contributed by atoms with Gasteiger partial charge in [0.05, 0.1) is 12.7 Å². The highest BCUT2D eigenvalue weighted by atomic mass is 19.3. The molecule has 1 unspecified atom stereocenters. The van der Waals surface area contributed by atoms with Crippen LogP contribution in [0.25, 0.3) is 11.3 Å². The molecule has 1 fully saturated rings. The molecule has 4 aromatic rings. The normalized spacial score (nSPS) is 14.6. The molecular formula is C32H31F2N3O3. The Hall–Kier alpha value is -4.01. The van der Waals surface area contributed by atoms with E-state index in [0.717, 1.165) is 48.2 Å². The minimum absolute atomic E-state index is 0.0231. The van der Waals surface area contributed by atoms with E-state index in [1.807, 2.05) is 42.5 Å². The lowest BCUT2D eigenvalue weighted by molar-refractivity contribution is -0.117. The first-order chi connectivity index (χ1) is 19.3. The Labute approximate surface area is 232 Å². The number of ether oxygens (including phenoxy) is 1. The van der Waals surface area contributed by atoms with E-state index in [0.29, 0.717) is 12.2 Å². The fourth-order valence-corrected chi connectivity index (χ4v) is 4.65. The number of carbonyl (C=O) groups excluding carboxylic acids is 1. The van der Waals surface area contributed by atoms with Crippen molar-refractivity contribution < 1.29 is 23.4 Å². The number of hydrogen-bond donors (Lipinski definition) is 1. The Kier molecular flexibility index (Phi) is 8.28.